The van der Waals surface area contributed by atoms with Crippen LogP contribution in [0.25, 0.3) is 0 Å². The molecule has 1 heterocycles. The summed E-state index contributed by atoms with van der Waals surface area (Å²) in [5.74, 6) is 1.15. The van der Waals surface area contributed by atoms with E-state index in [1.54, 1.807) is 30.1 Å². The van der Waals surface area contributed by atoms with E-state index < -0.39 is 5.82 Å². The van der Waals surface area contributed by atoms with E-state index >= 15 is 0 Å². The molecule has 0 saturated carbocycles. The van der Waals surface area contributed by atoms with Gasteiger partial charge in [-0.25, -0.2) is 4.39 Å². The highest BCUT2D eigenvalue weighted by Gasteiger charge is 2.24. The van der Waals surface area contributed by atoms with Crippen LogP contribution in [0.15, 0.2) is 36.4 Å². The van der Waals surface area contributed by atoms with E-state index in [9.17, 15) is 14.0 Å². The van der Waals surface area contributed by atoms with Gasteiger partial charge in [-0.2, -0.15) is 0 Å². The average molecular weight is 558 g/mol. The Hall–Kier alpha value is -3.17. The number of ether oxygens (including phenoxy) is 3. The van der Waals surface area contributed by atoms with Crippen molar-refractivity contribution in [3.05, 3.63) is 53.3 Å². The summed E-state index contributed by atoms with van der Waals surface area (Å²) in [4.78, 5) is 32.6. The molecule has 0 aromatic heterocycles. The molecule has 0 N–H and O–H groups in total. The van der Waals surface area contributed by atoms with E-state index in [2.05, 4.69) is 18.7 Å². The number of anilines is 1. The Morgan fingerprint density at radius 1 is 0.900 bits per heavy atom. The van der Waals surface area contributed by atoms with E-state index in [4.69, 9.17) is 14.2 Å². The number of hydrogen-bond donors (Lipinski definition) is 0. The SMILES string of the molecule is COCC(=O)N1CCCN(CC(C)C)CCCN(C(=O)CCc2ccc(OC)c(OC)c2)Cc2cc(F)ccc21. The molecule has 3 rings (SSSR count). The van der Waals surface area contributed by atoms with Crippen LogP contribution in [-0.2, 0) is 27.3 Å². The highest BCUT2D eigenvalue weighted by Crippen LogP contribution is 2.29. The normalized spacial score (nSPS) is 15.3. The van der Waals surface area contributed by atoms with Gasteiger partial charge in [0.15, 0.2) is 11.5 Å². The zero-order valence-corrected chi connectivity index (χ0v) is 24.6. The Labute approximate surface area is 238 Å². The number of benzene rings is 2. The largest absolute Gasteiger partial charge is 0.493 e. The third kappa shape index (κ3) is 8.93. The van der Waals surface area contributed by atoms with Crippen molar-refractivity contribution >= 4 is 17.5 Å². The molecule has 2 amide bonds. The Balaban J connectivity index is 1.88. The molecule has 1 aliphatic heterocycles. The van der Waals surface area contributed by atoms with Crippen LogP contribution in [0.5, 0.6) is 11.5 Å². The van der Waals surface area contributed by atoms with Crippen LogP contribution in [0.3, 0.4) is 0 Å². The van der Waals surface area contributed by atoms with Gasteiger partial charge in [0.2, 0.25) is 5.91 Å². The summed E-state index contributed by atoms with van der Waals surface area (Å²) in [7, 11) is 4.66. The van der Waals surface area contributed by atoms with Crippen LogP contribution >= 0.6 is 0 Å². The predicted octanol–water partition coefficient (Wildman–Crippen LogP) is 4.54. The van der Waals surface area contributed by atoms with Gasteiger partial charge in [-0.3, -0.25) is 9.59 Å². The lowest BCUT2D eigenvalue weighted by Gasteiger charge is -2.32. The van der Waals surface area contributed by atoms with Gasteiger partial charge in [-0.15, -0.1) is 0 Å². The van der Waals surface area contributed by atoms with Crippen molar-refractivity contribution < 1.29 is 28.2 Å². The zero-order chi connectivity index (χ0) is 29.1. The fraction of sp³-hybridized carbons (Fsp3) is 0.548. The van der Waals surface area contributed by atoms with Gasteiger partial charge in [-0.1, -0.05) is 19.9 Å². The second-order valence-electron chi connectivity index (χ2n) is 10.7. The van der Waals surface area contributed by atoms with Gasteiger partial charge < -0.3 is 28.9 Å². The minimum absolute atomic E-state index is 0.0211. The van der Waals surface area contributed by atoms with Crippen LogP contribution in [0, 0.1) is 11.7 Å². The second-order valence-corrected chi connectivity index (χ2v) is 10.7. The smallest absolute Gasteiger partial charge is 0.252 e. The summed E-state index contributed by atoms with van der Waals surface area (Å²) in [6, 6.07) is 10.1. The molecule has 0 unspecified atom stereocenters. The first-order valence-corrected chi connectivity index (χ1v) is 14.0. The first-order valence-electron chi connectivity index (χ1n) is 14.0. The van der Waals surface area contributed by atoms with Crippen LogP contribution in [0.4, 0.5) is 10.1 Å². The molecule has 2 aromatic rings. The fourth-order valence-corrected chi connectivity index (χ4v) is 5.22. The minimum Gasteiger partial charge on any atom is -0.493 e. The molecule has 0 radical (unpaired) electrons. The fourth-order valence-electron chi connectivity index (χ4n) is 5.22. The number of methoxy groups -OCH3 is 3. The van der Waals surface area contributed by atoms with E-state index in [1.807, 2.05) is 18.2 Å². The lowest BCUT2D eigenvalue weighted by Crippen LogP contribution is -2.40. The molecule has 2 aromatic carbocycles. The van der Waals surface area contributed by atoms with E-state index in [-0.39, 0.29) is 25.0 Å². The van der Waals surface area contributed by atoms with Crippen LogP contribution in [-0.4, -0.2) is 82.3 Å². The summed E-state index contributed by atoms with van der Waals surface area (Å²) >= 11 is 0. The molecule has 0 atom stereocenters. The maximum absolute atomic E-state index is 14.5. The van der Waals surface area contributed by atoms with Crippen LogP contribution in [0.1, 0.15) is 44.2 Å². The highest BCUT2D eigenvalue weighted by molar-refractivity contribution is 5.95. The first-order chi connectivity index (χ1) is 19.2. The number of halogens is 1. The first kappa shape index (κ1) is 31.4. The van der Waals surface area contributed by atoms with Gasteiger partial charge in [0.05, 0.1) is 14.2 Å². The van der Waals surface area contributed by atoms with Gasteiger partial charge in [0, 0.05) is 45.4 Å². The van der Waals surface area contributed by atoms with E-state index in [1.165, 1.54) is 19.2 Å². The van der Waals surface area contributed by atoms with Gasteiger partial charge in [0.25, 0.3) is 5.91 Å². The van der Waals surface area contributed by atoms with Gasteiger partial charge in [0.1, 0.15) is 12.4 Å². The number of carbonyl (C=O) groups is 2. The molecule has 0 spiro atoms. The summed E-state index contributed by atoms with van der Waals surface area (Å²) in [6.07, 6.45) is 2.42. The third-order valence-electron chi connectivity index (χ3n) is 7.07. The number of fused-ring (bicyclic) bond motifs is 1. The predicted molar refractivity (Wildman–Crippen MR) is 154 cm³/mol. The number of aryl methyl sites for hydroxylation is 1. The Morgan fingerprint density at radius 3 is 2.30 bits per heavy atom. The zero-order valence-electron chi connectivity index (χ0n) is 24.6. The molecule has 0 saturated heterocycles. The summed E-state index contributed by atoms with van der Waals surface area (Å²) in [5.41, 5.74) is 2.20. The topological polar surface area (TPSA) is 71.6 Å². The number of carbonyl (C=O) groups excluding carboxylic acids is 2. The van der Waals surface area contributed by atoms with Gasteiger partial charge >= 0.3 is 0 Å². The molecule has 40 heavy (non-hydrogen) atoms. The quantitative estimate of drug-likeness (QED) is 0.451. The molecular formula is C31H44FN3O5. The monoisotopic (exact) mass is 557 g/mol. The summed E-state index contributed by atoms with van der Waals surface area (Å²) in [5, 5.41) is 0. The van der Waals surface area contributed by atoms with Gasteiger partial charge in [-0.05, 0) is 79.7 Å². The number of hydrogen-bond acceptors (Lipinski definition) is 6. The van der Waals surface area contributed by atoms with Crippen molar-refractivity contribution in [2.45, 2.75) is 46.1 Å². The average Bonchev–Trinajstić information content (AvgIpc) is 2.92. The lowest BCUT2D eigenvalue weighted by molar-refractivity contribution is -0.131. The Kier molecular flexibility index (Phi) is 12.2. The molecule has 9 heteroatoms. The molecule has 0 aliphatic carbocycles. The maximum atomic E-state index is 14.5. The van der Waals surface area contributed by atoms with Crippen molar-refractivity contribution in [2.75, 3.05) is 65.6 Å². The highest BCUT2D eigenvalue weighted by atomic mass is 19.1. The lowest BCUT2D eigenvalue weighted by atomic mass is 10.1. The maximum Gasteiger partial charge on any atom is 0.252 e. The number of nitrogens with zero attached hydrogens (tertiary/aromatic N) is 3. The van der Waals surface area contributed by atoms with Crippen molar-refractivity contribution in [1.29, 1.82) is 0 Å². The molecule has 0 bridgehead atoms. The molecule has 0 fully saturated rings. The molecule has 8 nitrogen and oxygen atoms in total. The van der Waals surface area contributed by atoms with E-state index in [0.717, 1.165) is 38.0 Å². The van der Waals surface area contributed by atoms with Crippen molar-refractivity contribution in [1.82, 2.24) is 9.80 Å². The second kappa shape index (κ2) is 15.6. The molecule has 1 aliphatic rings. The third-order valence-corrected chi connectivity index (χ3v) is 7.07. The minimum atomic E-state index is -0.397. The Morgan fingerprint density at radius 2 is 1.62 bits per heavy atom. The van der Waals surface area contributed by atoms with Crippen molar-refractivity contribution in [2.24, 2.45) is 5.92 Å². The van der Waals surface area contributed by atoms with Crippen LogP contribution < -0.4 is 14.4 Å². The number of amides is 2. The molecule has 220 valence electrons. The molecular weight excluding hydrogens is 513 g/mol. The van der Waals surface area contributed by atoms with Crippen molar-refractivity contribution in [3.8, 4) is 11.5 Å². The number of rotatable bonds is 9. The standard InChI is InChI=1S/C31H44FN3O5/c1-23(2)20-33-14-6-16-34(30(36)13-9-24-8-12-28(39-4)29(18-24)40-5)21-25-19-26(32)10-11-27(25)35(17-7-15-33)31(37)22-38-3/h8,10-12,18-19,23H,6-7,9,13-17,20-22H2,1-5H3. The summed E-state index contributed by atoms with van der Waals surface area (Å²) < 4.78 is 30.4. The Bertz CT molecular complexity index is 1130. The van der Waals surface area contributed by atoms with Crippen LogP contribution in [0.2, 0.25) is 0 Å². The van der Waals surface area contributed by atoms with E-state index in [0.29, 0.717) is 54.6 Å². The summed E-state index contributed by atoms with van der Waals surface area (Å²) in [6.45, 7) is 8.20. The van der Waals surface area contributed by atoms with Crippen molar-refractivity contribution in [3.63, 3.8) is 0 Å².